The van der Waals surface area contributed by atoms with E-state index in [9.17, 15) is 0 Å². The van der Waals surface area contributed by atoms with Crippen molar-refractivity contribution in [3.63, 3.8) is 0 Å². The van der Waals surface area contributed by atoms with E-state index in [2.05, 4.69) is 115 Å². The van der Waals surface area contributed by atoms with E-state index < -0.39 is 0 Å². The molecule has 1 nitrogen and oxygen atoms in total. The maximum Gasteiger partial charge on any atom is 0.0319 e. The van der Waals surface area contributed by atoms with Gasteiger partial charge in [0.05, 0.1) is 0 Å². The molecule has 0 radical (unpaired) electrons. The largest absolute Gasteiger partial charge is 0.400 e. The lowest BCUT2D eigenvalue weighted by molar-refractivity contribution is 0.399. The first-order valence-electron chi connectivity index (χ1n) is 9.87. The van der Waals surface area contributed by atoms with Crippen molar-refractivity contribution in [2.24, 2.45) is 0 Å². The summed E-state index contributed by atoms with van der Waals surface area (Å²) in [7, 11) is 1.00. The number of allylic oxidation sites excluding steroid dienone is 1. The fourth-order valence-corrected chi connectivity index (χ4v) is 4.02. The quantitative estimate of drug-likeness (QED) is 0.417. The first kappa shape index (κ1) is 18.9. The predicted octanol–water partition coefficient (Wildman–Crippen LogP) is 6.79. The van der Waals surface area contributed by atoms with Crippen molar-refractivity contribution in [1.29, 1.82) is 0 Å². The van der Waals surface area contributed by atoms with Crippen LogP contribution in [0.1, 0.15) is 22.6 Å². The summed E-state index contributed by atoms with van der Waals surface area (Å²) >= 11 is 0. The Labute approximate surface area is 172 Å². The molecule has 4 aromatic carbocycles. The molecule has 1 heteroatoms. The summed E-state index contributed by atoms with van der Waals surface area (Å²) in [5, 5.41) is 7.00. The number of aliphatic hydroxyl groups excluding tert-OH is 1. The molecule has 0 saturated carbocycles. The van der Waals surface area contributed by atoms with Gasteiger partial charge in [-0.15, -0.1) is 0 Å². The number of benzene rings is 4. The van der Waals surface area contributed by atoms with E-state index in [0.29, 0.717) is 5.92 Å². The Kier molecular flexibility index (Phi) is 5.69. The van der Waals surface area contributed by atoms with Crippen LogP contribution in [-0.2, 0) is 0 Å². The van der Waals surface area contributed by atoms with Gasteiger partial charge in [0.2, 0.25) is 0 Å². The van der Waals surface area contributed by atoms with E-state index in [0.717, 1.165) is 7.11 Å². The third kappa shape index (κ3) is 3.78. The molecule has 0 heterocycles. The van der Waals surface area contributed by atoms with Crippen LogP contribution in [0.25, 0.3) is 28.3 Å². The van der Waals surface area contributed by atoms with E-state index in [4.69, 9.17) is 5.11 Å². The first-order chi connectivity index (χ1) is 14.4. The summed E-state index contributed by atoms with van der Waals surface area (Å²) in [6, 6.07) is 36.9. The average Bonchev–Trinajstić information content (AvgIpc) is 3.25. The highest BCUT2D eigenvalue weighted by molar-refractivity contribution is 5.75. The molecule has 5 rings (SSSR count). The molecule has 4 aromatic rings. The van der Waals surface area contributed by atoms with Crippen LogP contribution in [0.5, 0.6) is 0 Å². The molecule has 0 amide bonds. The topological polar surface area (TPSA) is 20.2 Å². The maximum absolute atomic E-state index is 7.00. The van der Waals surface area contributed by atoms with Crippen molar-refractivity contribution in [3.8, 4) is 22.3 Å². The van der Waals surface area contributed by atoms with E-state index in [1.165, 1.54) is 38.9 Å². The van der Waals surface area contributed by atoms with Gasteiger partial charge in [0.1, 0.15) is 0 Å². The normalized spacial score (nSPS) is 14.1. The van der Waals surface area contributed by atoms with Crippen LogP contribution >= 0.6 is 0 Å². The van der Waals surface area contributed by atoms with Gasteiger partial charge in [-0.3, -0.25) is 0 Å². The second kappa shape index (κ2) is 8.72. The second-order valence-corrected chi connectivity index (χ2v) is 7.00. The smallest absolute Gasteiger partial charge is 0.0319 e. The van der Waals surface area contributed by atoms with Gasteiger partial charge in [-0.2, -0.15) is 0 Å². The summed E-state index contributed by atoms with van der Waals surface area (Å²) < 4.78 is 0. The van der Waals surface area contributed by atoms with Crippen molar-refractivity contribution >= 4 is 6.08 Å². The minimum atomic E-state index is 0.325. The van der Waals surface area contributed by atoms with Crippen molar-refractivity contribution in [2.45, 2.75) is 5.92 Å². The molecule has 0 aromatic heterocycles. The highest BCUT2D eigenvalue weighted by Crippen LogP contribution is 2.39. The molecule has 0 saturated heterocycles. The predicted molar refractivity (Wildman–Crippen MR) is 123 cm³/mol. The number of aliphatic hydroxyl groups is 1. The second-order valence-electron chi connectivity index (χ2n) is 7.00. The zero-order valence-corrected chi connectivity index (χ0v) is 16.5. The van der Waals surface area contributed by atoms with Crippen LogP contribution in [0.2, 0.25) is 0 Å². The molecule has 142 valence electrons. The minimum absolute atomic E-state index is 0.325. The minimum Gasteiger partial charge on any atom is -0.400 e. The number of fused-ring (bicyclic) bond motifs is 1. The lowest BCUT2D eigenvalue weighted by atomic mass is 9.87. The van der Waals surface area contributed by atoms with Crippen LogP contribution < -0.4 is 0 Å². The van der Waals surface area contributed by atoms with E-state index in [1.54, 1.807) is 0 Å². The summed E-state index contributed by atoms with van der Waals surface area (Å²) in [4.78, 5) is 0. The van der Waals surface area contributed by atoms with Gasteiger partial charge >= 0.3 is 0 Å². The van der Waals surface area contributed by atoms with Crippen molar-refractivity contribution in [1.82, 2.24) is 0 Å². The highest BCUT2D eigenvalue weighted by atomic mass is 16.2. The molecule has 1 N–H and O–H groups in total. The summed E-state index contributed by atoms with van der Waals surface area (Å²) in [6.45, 7) is 0. The lowest BCUT2D eigenvalue weighted by Crippen LogP contribution is -1.98. The molecule has 0 bridgehead atoms. The molecule has 0 spiro atoms. The van der Waals surface area contributed by atoms with Gasteiger partial charge in [0, 0.05) is 13.0 Å². The third-order valence-electron chi connectivity index (χ3n) is 5.40. The van der Waals surface area contributed by atoms with Crippen LogP contribution in [0.3, 0.4) is 0 Å². The Hall–Kier alpha value is -3.42. The highest BCUT2D eigenvalue weighted by Gasteiger charge is 2.21. The van der Waals surface area contributed by atoms with E-state index in [1.807, 2.05) is 0 Å². The molecule has 29 heavy (non-hydrogen) atoms. The van der Waals surface area contributed by atoms with Crippen molar-refractivity contribution in [2.75, 3.05) is 7.11 Å². The number of hydrogen-bond donors (Lipinski definition) is 1. The number of rotatable bonds is 3. The van der Waals surface area contributed by atoms with Crippen LogP contribution in [0, 0.1) is 0 Å². The van der Waals surface area contributed by atoms with Gasteiger partial charge < -0.3 is 5.11 Å². The van der Waals surface area contributed by atoms with Crippen LogP contribution in [0.4, 0.5) is 0 Å². The Morgan fingerprint density at radius 1 is 0.517 bits per heavy atom. The fourth-order valence-electron chi connectivity index (χ4n) is 4.02. The Morgan fingerprint density at radius 3 is 1.83 bits per heavy atom. The Bertz CT molecular complexity index is 1110. The molecular formula is C28H24O. The fraction of sp³-hybridized carbons (Fsp3) is 0.0714. The van der Waals surface area contributed by atoms with Gasteiger partial charge in [-0.1, -0.05) is 115 Å². The molecule has 0 aliphatic heterocycles. The standard InChI is InChI=1S/C27H20.CH4O/c1-2-8-20(9-3-1)21-14-16-23(17-15-21)25-12-6-7-13-26(25)27-19-18-22-10-4-5-11-24(22)27;1-2/h1-19,27H;2H,1H3. The van der Waals surface area contributed by atoms with E-state index in [-0.39, 0.29) is 0 Å². The zero-order chi connectivity index (χ0) is 20.1. The SMILES string of the molecule is C1=CC(c2ccccc2-c2ccc(-c3ccccc3)cc2)c2ccccc21.CO. The van der Waals surface area contributed by atoms with Crippen LogP contribution in [0.15, 0.2) is 109 Å². The van der Waals surface area contributed by atoms with Crippen molar-refractivity contribution < 1.29 is 5.11 Å². The Morgan fingerprint density at radius 2 is 1.07 bits per heavy atom. The van der Waals surface area contributed by atoms with Gasteiger partial charge in [0.15, 0.2) is 0 Å². The lowest BCUT2D eigenvalue weighted by Gasteiger charge is -2.17. The van der Waals surface area contributed by atoms with Crippen LogP contribution in [-0.4, -0.2) is 12.2 Å². The van der Waals surface area contributed by atoms with Crippen molar-refractivity contribution in [3.05, 3.63) is 126 Å². The maximum atomic E-state index is 7.00. The average molecular weight is 376 g/mol. The summed E-state index contributed by atoms with van der Waals surface area (Å²) in [6.07, 6.45) is 4.57. The third-order valence-corrected chi connectivity index (χ3v) is 5.40. The number of hydrogen-bond acceptors (Lipinski definition) is 1. The molecular weight excluding hydrogens is 352 g/mol. The molecule has 1 aliphatic rings. The molecule has 1 unspecified atom stereocenters. The zero-order valence-electron chi connectivity index (χ0n) is 16.5. The molecule has 1 atom stereocenters. The van der Waals surface area contributed by atoms with Gasteiger partial charge in [0.25, 0.3) is 0 Å². The Balaban J connectivity index is 0.000000994. The van der Waals surface area contributed by atoms with E-state index >= 15 is 0 Å². The molecule has 1 aliphatic carbocycles. The van der Waals surface area contributed by atoms with Gasteiger partial charge in [-0.05, 0) is 38.9 Å². The first-order valence-corrected chi connectivity index (χ1v) is 9.87. The summed E-state index contributed by atoms with van der Waals surface area (Å²) in [5.74, 6) is 0.325. The van der Waals surface area contributed by atoms with Gasteiger partial charge in [-0.25, -0.2) is 0 Å². The monoisotopic (exact) mass is 376 g/mol. The molecule has 0 fully saturated rings. The summed E-state index contributed by atoms with van der Waals surface area (Å²) in [5.41, 5.74) is 9.17.